The topological polar surface area (TPSA) is 95.6 Å². The molecule has 0 spiro atoms. The summed E-state index contributed by atoms with van der Waals surface area (Å²) in [6, 6.07) is 0. The number of imidazole rings is 1. The van der Waals surface area contributed by atoms with Crippen LogP contribution in [0.25, 0.3) is 11.2 Å². The van der Waals surface area contributed by atoms with Gasteiger partial charge in [-0.1, -0.05) is 13.8 Å². The second-order valence-corrected chi connectivity index (χ2v) is 5.03. The lowest BCUT2D eigenvalue weighted by Gasteiger charge is -2.22. The minimum Gasteiger partial charge on any atom is -0.368 e. The summed E-state index contributed by atoms with van der Waals surface area (Å²) in [4.78, 5) is 11.1. The van der Waals surface area contributed by atoms with E-state index in [4.69, 9.17) is 11.5 Å². The number of nitrogen functional groups attached to an aromatic ring is 1. The van der Waals surface area contributed by atoms with Crippen molar-refractivity contribution in [2.75, 3.05) is 12.3 Å². The lowest BCUT2D eigenvalue weighted by molar-refractivity contribution is 0.170. The van der Waals surface area contributed by atoms with Gasteiger partial charge in [0.1, 0.15) is 6.17 Å². The Kier molecular flexibility index (Phi) is 4.12. The standard InChI is InChI=1S/C12H18F2N6/c1-6(3-15)7(2)8(13)4-20-5-17-9-10(14)18-12(16)19-11(9)20/h5-8H,3-4,15H2,1-2H3,(H2,16,18,19). The lowest BCUT2D eigenvalue weighted by atomic mass is 9.91. The molecule has 2 rings (SSSR count). The first-order chi connectivity index (χ1) is 9.43. The summed E-state index contributed by atoms with van der Waals surface area (Å²) in [7, 11) is 0. The summed E-state index contributed by atoms with van der Waals surface area (Å²) in [5, 5.41) is 0. The molecule has 2 aromatic rings. The number of nitrogens with two attached hydrogens (primary N) is 2. The van der Waals surface area contributed by atoms with Crippen molar-refractivity contribution >= 4 is 17.1 Å². The maximum Gasteiger partial charge on any atom is 0.245 e. The third kappa shape index (κ3) is 2.69. The van der Waals surface area contributed by atoms with Crippen LogP contribution in [0.4, 0.5) is 14.7 Å². The predicted molar refractivity (Wildman–Crippen MR) is 72.0 cm³/mol. The largest absolute Gasteiger partial charge is 0.368 e. The molecule has 0 saturated carbocycles. The third-order valence-corrected chi connectivity index (χ3v) is 3.65. The van der Waals surface area contributed by atoms with Gasteiger partial charge in [0.2, 0.25) is 11.9 Å². The summed E-state index contributed by atoms with van der Waals surface area (Å²) >= 11 is 0. The number of halogens is 2. The van der Waals surface area contributed by atoms with E-state index >= 15 is 0 Å². The molecule has 3 atom stereocenters. The number of aromatic nitrogens is 4. The molecule has 0 saturated heterocycles. The highest BCUT2D eigenvalue weighted by molar-refractivity contribution is 5.71. The smallest absolute Gasteiger partial charge is 0.245 e. The summed E-state index contributed by atoms with van der Waals surface area (Å²) in [6.45, 7) is 4.13. The van der Waals surface area contributed by atoms with E-state index in [1.54, 1.807) is 6.92 Å². The second-order valence-electron chi connectivity index (χ2n) is 5.03. The second kappa shape index (κ2) is 5.66. The van der Waals surface area contributed by atoms with E-state index in [-0.39, 0.29) is 35.5 Å². The first-order valence-electron chi connectivity index (χ1n) is 6.42. The number of nitrogens with zero attached hydrogens (tertiary/aromatic N) is 4. The highest BCUT2D eigenvalue weighted by Gasteiger charge is 2.23. The van der Waals surface area contributed by atoms with Gasteiger partial charge in [-0.05, 0) is 18.4 Å². The Hall–Kier alpha value is -1.83. The minimum atomic E-state index is -1.13. The summed E-state index contributed by atoms with van der Waals surface area (Å²) in [6.07, 6.45) is 0.207. The molecule has 2 heterocycles. The van der Waals surface area contributed by atoms with Gasteiger partial charge in [0.05, 0.1) is 12.9 Å². The van der Waals surface area contributed by atoms with Crippen molar-refractivity contribution in [2.24, 2.45) is 17.6 Å². The zero-order valence-electron chi connectivity index (χ0n) is 11.4. The average Bonchev–Trinajstić information content (AvgIpc) is 2.80. The number of hydrogen-bond donors (Lipinski definition) is 2. The van der Waals surface area contributed by atoms with Crippen LogP contribution >= 0.6 is 0 Å². The molecule has 0 fully saturated rings. The molecule has 3 unspecified atom stereocenters. The minimum absolute atomic E-state index is 0.00840. The van der Waals surface area contributed by atoms with E-state index in [0.29, 0.717) is 6.54 Å². The molecule has 0 aliphatic carbocycles. The first-order valence-corrected chi connectivity index (χ1v) is 6.42. The SMILES string of the molecule is CC(CN)C(C)C(F)Cn1cnc2c(F)nc(N)nc21. The molecule has 0 aliphatic rings. The van der Waals surface area contributed by atoms with Crippen molar-refractivity contribution in [2.45, 2.75) is 26.6 Å². The van der Waals surface area contributed by atoms with Crippen LogP contribution in [0.1, 0.15) is 13.8 Å². The Morgan fingerprint density at radius 1 is 1.35 bits per heavy atom. The third-order valence-electron chi connectivity index (χ3n) is 3.65. The summed E-state index contributed by atoms with van der Waals surface area (Å²) in [5.74, 6) is -1.17. The first kappa shape index (κ1) is 14.6. The van der Waals surface area contributed by atoms with Crippen LogP contribution in [0.5, 0.6) is 0 Å². The van der Waals surface area contributed by atoms with E-state index in [1.807, 2.05) is 6.92 Å². The van der Waals surface area contributed by atoms with Gasteiger partial charge in [0, 0.05) is 0 Å². The van der Waals surface area contributed by atoms with E-state index in [9.17, 15) is 8.78 Å². The van der Waals surface area contributed by atoms with Gasteiger partial charge >= 0.3 is 0 Å². The monoisotopic (exact) mass is 284 g/mol. The lowest BCUT2D eigenvalue weighted by Crippen LogP contribution is -2.29. The molecule has 6 nitrogen and oxygen atoms in total. The Bertz CT molecular complexity index is 599. The maximum atomic E-state index is 14.3. The molecule has 2 aromatic heterocycles. The number of anilines is 1. The molecule has 0 bridgehead atoms. The Morgan fingerprint density at radius 2 is 2.05 bits per heavy atom. The number of hydrogen-bond acceptors (Lipinski definition) is 5. The molecule has 0 aliphatic heterocycles. The van der Waals surface area contributed by atoms with Crippen LogP contribution < -0.4 is 11.5 Å². The van der Waals surface area contributed by atoms with Gasteiger partial charge in [-0.15, -0.1) is 0 Å². The highest BCUT2D eigenvalue weighted by Crippen LogP contribution is 2.21. The van der Waals surface area contributed by atoms with Crippen molar-refractivity contribution in [3.05, 3.63) is 12.3 Å². The summed E-state index contributed by atoms with van der Waals surface area (Å²) < 4.78 is 29.2. The zero-order chi connectivity index (χ0) is 14.9. The predicted octanol–water partition coefficient (Wildman–Crippen LogP) is 1.12. The molecule has 0 aromatic carbocycles. The number of fused-ring (bicyclic) bond motifs is 1. The van der Waals surface area contributed by atoms with E-state index in [0.717, 1.165) is 0 Å². The molecular formula is C12H18F2N6. The van der Waals surface area contributed by atoms with Crippen LogP contribution in [0.15, 0.2) is 6.33 Å². The van der Waals surface area contributed by atoms with Gasteiger partial charge in [0.25, 0.3) is 0 Å². The van der Waals surface area contributed by atoms with Crippen LogP contribution in [-0.4, -0.2) is 32.2 Å². The van der Waals surface area contributed by atoms with Crippen molar-refractivity contribution in [3.8, 4) is 0 Å². The quantitative estimate of drug-likeness (QED) is 0.802. The van der Waals surface area contributed by atoms with Gasteiger partial charge in [-0.2, -0.15) is 14.4 Å². The molecule has 8 heteroatoms. The van der Waals surface area contributed by atoms with Crippen molar-refractivity contribution in [3.63, 3.8) is 0 Å². The van der Waals surface area contributed by atoms with E-state index in [2.05, 4.69) is 15.0 Å². The molecule has 20 heavy (non-hydrogen) atoms. The van der Waals surface area contributed by atoms with Crippen LogP contribution in [-0.2, 0) is 6.54 Å². The van der Waals surface area contributed by atoms with Crippen molar-refractivity contribution in [1.82, 2.24) is 19.5 Å². The van der Waals surface area contributed by atoms with Gasteiger partial charge in [0.15, 0.2) is 11.2 Å². The van der Waals surface area contributed by atoms with Crippen LogP contribution in [0, 0.1) is 17.8 Å². The molecule has 0 amide bonds. The fraction of sp³-hybridized carbons (Fsp3) is 0.583. The molecule has 0 radical (unpaired) electrons. The highest BCUT2D eigenvalue weighted by atomic mass is 19.1. The Balaban J connectivity index is 2.26. The Morgan fingerprint density at radius 3 is 2.70 bits per heavy atom. The number of rotatable bonds is 5. The maximum absolute atomic E-state index is 14.3. The van der Waals surface area contributed by atoms with Crippen LogP contribution in [0.3, 0.4) is 0 Å². The van der Waals surface area contributed by atoms with E-state index in [1.165, 1.54) is 10.9 Å². The van der Waals surface area contributed by atoms with Gasteiger partial charge < -0.3 is 16.0 Å². The molecule has 110 valence electrons. The fourth-order valence-corrected chi connectivity index (χ4v) is 1.98. The summed E-state index contributed by atoms with van der Waals surface area (Å²) in [5.41, 5.74) is 11.1. The Labute approximate surface area is 115 Å². The normalized spacial score (nSPS) is 16.2. The van der Waals surface area contributed by atoms with Crippen LogP contribution in [0.2, 0.25) is 0 Å². The fourth-order valence-electron chi connectivity index (χ4n) is 1.98. The van der Waals surface area contributed by atoms with Gasteiger partial charge in [-0.25, -0.2) is 9.37 Å². The van der Waals surface area contributed by atoms with E-state index < -0.39 is 12.1 Å². The molecular weight excluding hydrogens is 266 g/mol. The average molecular weight is 284 g/mol. The van der Waals surface area contributed by atoms with Crippen molar-refractivity contribution in [1.29, 1.82) is 0 Å². The zero-order valence-corrected chi connectivity index (χ0v) is 11.4. The number of alkyl halides is 1. The van der Waals surface area contributed by atoms with Gasteiger partial charge in [-0.3, -0.25) is 0 Å². The van der Waals surface area contributed by atoms with Crippen molar-refractivity contribution < 1.29 is 8.78 Å². The molecule has 4 N–H and O–H groups in total.